The van der Waals surface area contributed by atoms with Gasteiger partial charge in [0, 0.05) is 0 Å². The first kappa shape index (κ1) is 15.0. The van der Waals surface area contributed by atoms with Gasteiger partial charge < -0.3 is 0 Å². The first-order valence-corrected chi connectivity index (χ1v) is 7.83. The van der Waals surface area contributed by atoms with Crippen LogP contribution in [0.1, 0.15) is 11.1 Å². The molecule has 2 aromatic carbocycles. The van der Waals surface area contributed by atoms with Gasteiger partial charge in [-0.2, -0.15) is 13.5 Å². The monoisotopic (exact) mass is 300 g/mol. The summed E-state index contributed by atoms with van der Waals surface area (Å²) >= 11 is 0. The Morgan fingerprint density at radius 1 is 1.10 bits per heavy atom. The molecule has 0 fully saturated rings. The van der Waals surface area contributed by atoms with Crippen LogP contribution in [0, 0.1) is 6.92 Å². The van der Waals surface area contributed by atoms with Gasteiger partial charge in [-0.05, 0) is 30.2 Å². The Labute approximate surface area is 124 Å². The molecule has 108 valence electrons. The predicted molar refractivity (Wildman–Crippen MR) is 85.5 cm³/mol. The Morgan fingerprint density at radius 3 is 2.33 bits per heavy atom. The predicted octanol–water partition coefficient (Wildman–Crippen LogP) is 2.97. The molecule has 5 heteroatoms. The molecule has 0 aliphatic carbocycles. The fraction of sp³-hybridized carbons (Fsp3) is 0.0625. The van der Waals surface area contributed by atoms with Gasteiger partial charge in [-0.1, -0.05) is 54.6 Å². The molecule has 0 heterocycles. The van der Waals surface area contributed by atoms with Gasteiger partial charge in [-0.3, -0.25) is 0 Å². The van der Waals surface area contributed by atoms with E-state index in [1.165, 1.54) is 6.21 Å². The minimum atomic E-state index is -3.64. The lowest BCUT2D eigenvalue weighted by molar-refractivity contribution is 0.584. The maximum absolute atomic E-state index is 12.0. The molecule has 0 aromatic heterocycles. The van der Waals surface area contributed by atoms with Crippen molar-refractivity contribution in [2.24, 2.45) is 5.10 Å². The number of nitrogens with zero attached hydrogens (tertiary/aromatic N) is 1. The molecule has 4 nitrogen and oxygen atoms in total. The summed E-state index contributed by atoms with van der Waals surface area (Å²) in [6, 6.07) is 16.0. The van der Waals surface area contributed by atoms with Crippen molar-refractivity contribution in [1.82, 2.24) is 4.83 Å². The smallest absolute Gasteiger partial charge is 0.200 e. The van der Waals surface area contributed by atoms with Gasteiger partial charge in [0.15, 0.2) is 0 Å². The first-order chi connectivity index (χ1) is 9.99. The second-order valence-corrected chi connectivity index (χ2v) is 6.22. The number of nitrogens with one attached hydrogen (secondary N) is 1. The van der Waals surface area contributed by atoms with Crippen molar-refractivity contribution >= 4 is 21.8 Å². The normalized spacial score (nSPS) is 11.5. The van der Waals surface area contributed by atoms with Gasteiger partial charge in [-0.15, -0.1) is 0 Å². The average molecular weight is 300 g/mol. The van der Waals surface area contributed by atoms with E-state index in [9.17, 15) is 8.42 Å². The fourth-order valence-electron chi connectivity index (χ4n) is 1.67. The van der Waals surface area contributed by atoms with E-state index in [2.05, 4.69) is 16.5 Å². The maximum Gasteiger partial charge on any atom is 0.276 e. The van der Waals surface area contributed by atoms with Crippen molar-refractivity contribution in [3.63, 3.8) is 0 Å². The zero-order chi connectivity index (χ0) is 15.3. The summed E-state index contributed by atoms with van der Waals surface area (Å²) in [5.41, 5.74) is 2.51. The van der Waals surface area contributed by atoms with Crippen LogP contribution in [0.3, 0.4) is 0 Å². The van der Waals surface area contributed by atoms with Gasteiger partial charge in [0.25, 0.3) is 10.0 Å². The van der Waals surface area contributed by atoms with Gasteiger partial charge in [-0.25, -0.2) is 4.83 Å². The molecule has 0 aliphatic heterocycles. The third-order valence-electron chi connectivity index (χ3n) is 2.87. The molecule has 0 aliphatic rings. The Morgan fingerprint density at radius 2 is 1.71 bits per heavy atom. The molecule has 0 radical (unpaired) electrons. The highest BCUT2D eigenvalue weighted by atomic mass is 32.2. The zero-order valence-corrected chi connectivity index (χ0v) is 12.5. The third kappa shape index (κ3) is 4.03. The highest BCUT2D eigenvalue weighted by Crippen LogP contribution is 2.11. The van der Waals surface area contributed by atoms with Crippen LogP contribution in [-0.2, 0) is 10.0 Å². The molecule has 1 N–H and O–H groups in total. The molecule has 0 saturated carbocycles. The molecular weight excluding hydrogens is 284 g/mol. The molecule has 2 rings (SSSR count). The summed E-state index contributed by atoms with van der Waals surface area (Å²) in [6.45, 7) is 5.74. The minimum Gasteiger partial charge on any atom is -0.200 e. The van der Waals surface area contributed by atoms with Gasteiger partial charge in [0.05, 0.1) is 11.1 Å². The standard InChI is InChI=1S/C16H16N2O2S/c1-13-8-10-16(11-9-13)21(19,20)18-17-12-14(2)15-6-4-3-5-7-15/h3-12,18H,2H2,1H3/b17-12+. The topological polar surface area (TPSA) is 58.5 Å². The Balaban J connectivity index is 2.06. The number of hydrogen-bond donors (Lipinski definition) is 1. The molecular formula is C16H16N2O2S. The molecule has 0 spiro atoms. The Bertz CT molecular complexity index is 749. The van der Waals surface area contributed by atoms with Crippen molar-refractivity contribution in [2.75, 3.05) is 0 Å². The SMILES string of the molecule is C=C(/C=N/NS(=O)(=O)c1ccc(C)cc1)c1ccccc1. The summed E-state index contributed by atoms with van der Waals surface area (Å²) in [6.07, 6.45) is 1.39. The average Bonchev–Trinajstić information content (AvgIpc) is 2.48. The lowest BCUT2D eigenvalue weighted by Crippen LogP contribution is -2.18. The number of rotatable bonds is 5. The van der Waals surface area contributed by atoms with Crippen LogP contribution in [0.25, 0.3) is 5.57 Å². The van der Waals surface area contributed by atoms with Gasteiger partial charge in [0.2, 0.25) is 0 Å². The molecule has 21 heavy (non-hydrogen) atoms. The fourth-order valence-corrected chi connectivity index (χ4v) is 2.46. The van der Waals surface area contributed by atoms with Crippen molar-refractivity contribution in [1.29, 1.82) is 0 Å². The van der Waals surface area contributed by atoms with Crippen molar-refractivity contribution in [2.45, 2.75) is 11.8 Å². The van der Waals surface area contributed by atoms with E-state index in [1.54, 1.807) is 24.3 Å². The second kappa shape index (κ2) is 6.37. The van der Waals surface area contributed by atoms with Crippen LogP contribution < -0.4 is 4.83 Å². The number of benzene rings is 2. The maximum atomic E-state index is 12.0. The van der Waals surface area contributed by atoms with Crippen molar-refractivity contribution in [3.05, 3.63) is 72.3 Å². The van der Waals surface area contributed by atoms with E-state index in [1.807, 2.05) is 37.3 Å². The van der Waals surface area contributed by atoms with Crippen LogP contribution in [0.4, 0.5) is 0 Å². The summed E-state index contributed by atoms with van der Waals surface area (Å²) in [5, 5.41) is 3.76. The lowest BCUT2D eigenvalue weighted by atomic mass is 10.1. The van der Waals surface area contributed by atoms with Crippen LogP contribution >= 0.6 is 0 Å². The van der Waals surface area contributed by atoms with Crippen molar-refractivity contribution < 1.29 is 8.42 Å². The summed E-state index contributed by atoms with van der Waals surface area (Å²) < 4.78 is 24.0. The van der Waals surface area contributed by atoms with E-state index in [-0.39, 0.29) is 4.90 Å². The number of hydrogen-bond acceptors (Lipinski definition) is 3. The quantitative estimate of drug-likeness (QED) is 0.681. The number of aryl methyl sites for hydroxylation is 1. The van der Waals surface area contributed by atoms with Crippen molar-refractivity contribution in [3.8, 4) is 0 Å². The van der Waals surface area contributed by atoms with Gasteiger partial charge >= 0.3 is 0 Å². The molecule has 0 saturated heterocycles. The van der Waals surface area contributed by atoms with Crippen LogP contribution in [0.2, 0.25) is 0 Å². The van der Waals surface area contributed by atoms with E-state index in [0.29, 0.717) is 5.57 Å². The van der Waals surface area contributed by atoms with E-state index >= 15 is 0 Å². The largest absolute Gasteiger partial charge is 0.276 e. The number of hydrazone groups is 1. The van der Waals surface area contributed by atoms with Gasteiger partial charge in [0.1, 0.15) is 0 Å². The minimum absolute atomic E-state index is 0.176. The Kier molecular flexibility index (Phi) is 4.55. The molecule has 0 bridgehead atoms. The number of allylic oxidation sites excluding steroid dienone is 1. The molecule has 2 aromatic rings. The third-order valence-corrected chi connectivity index (χ3v) is 4.11. The van der Waals surface area contributed by atoms with Crippen LogP contribution in [0.5, 0.6) is 0 Å². The molecule has 0 unspecified atom stereocenters. The summed E-state index contributed by atoms with van der Waals surface area (Å²) in [7, 11) is -3.64. The molecule has 0 amide bonds. The first-order valence-electron chi connectivity index (χ1n) is 6.35. The molecule has 0 atom stereocenters. The van der Waals surface area contributed by atoms with Crippen LogP contribution in [0.15, 0.2) is 71.2 Å². The Hall–Kier alpha value is -2.40. The highest BCUT2D eigenvalue weighted by molar-refractivity contribution is 7.89. The second-order valence-electron chi connectivity index (χ2n) is 4.56. The summed E-state index contributed by atoms with van der Waals surface area (Å²) in [5.74, 6) is 0. The highest BCUT2D eigenvalue weighted by Gasteiger charge is 2.11. The van der Waals surface area contributed by atoms with Crippen LogP contribution in [-0.4, -0.2) is 14.6 Å². The summed E-state index contributed by atoms with van der Waals surface area (Å²) in [4.78, 5) is 2.35. The lowest BCUT2D eigenvalue weighted by Gasteiger charge is -2.04. The van der Waals surface area contributed by atoms with E-state index < -0.39 is 10.0 Å². The number of sulfonamides is 1. The van der Waals surface area contributed by atoms with E-state index in [0.717, 1.165) is 11.1 Å². The van der Waals surface area contributed by atoms with E-state index in [4.69, 9.17) is 0 Å². The zero-order valence-electron chi connectivity index (χ0n) is 11.7.